The molecular weight excluding hydrogens is 262 g/mol. The van der Waals surface area contributed by atoms with Gasteiger partial charge < -0.3 is 10.1 Å². The average Bonchev–Trinajstić information content (AvgIpc) is 3.10. The summed E-state index contributed by atoms with van der Waals surface area (Å²) in [4.78, 5) is 0.913. The molecule has 0 bridgehead atoms. The second-order valence-corrected chi connectivity index (χ2v) is 6.48. The van der Waals surface area contributed by atoms with Crippen molar-refractivity contribution in [3.05, 3.63) is 10.8 Å². The van der Waals surface area contributed by atoms with Crippen LogP contribution in [0.5, 0.6) is 0 Å². The Morgan fingerprint density at radius 1 is 1.37 bits per heavy atom. The highest BCUT2D eigenvalue weighted by Gasteiger charge is 2.30. The highest BCUT2D eigenvalue weighted by Crippen LogP contribution is 2.32. The minimum Gasteiger partial charge on any atom is -0.381 e. The van der Waals surface area contributed by atoms with Crippen molar-refractivity contribution in [2.24, 2.45) is 5.92 Å². The maximum absolute atomic E-state index is 5.44. The van der Waals surface area contributed by atoms with Crippen LogP contribution in [-0.2, 0) is 4.74 Å². The van der Waals surface area contributed by atoms with Crippen LogP contribution in [0.3, 0.4) is 0 Å². The first kappa shape index (κ1) is 11.7. The summed E-state index contributed by atoms with van der Waals surface area (Å²) in [7, 11) is 0. The summed E-state index contributed by atoms with van der Waals surface area (Å²) in [5.41, 5.74) is 0. The lowest BCUT2D eigenvalue weighted by Gasteiger charge is -2.09. The molecule has 0 spiro atoms. The quantitative estimate of drug-likeness (QED) is 0.889. The SMILES string of the molecule is CC1CNCC1c1nn2c(C3CCOC3)nnc2s1. The molecule has 1 N–H and O–H groups in total. The van der Waals surface area contributed by atoms with Crippen molar-refractivity contribution >= 4 is 16.3 Å². The average molecular weight is 279 g/mol. The number of ether oxygens (including phenoxy) is 1. The lowest BCUT2D eigenvalue weighted by atomic mass is 9.99. The highest BCUT2D eigenvalue weighted by atomic mass is 32.1. The van der Waals surface area contributed by atoms with Crippen molar-refractivity contribution in [3.8, 4) is 0 Å². The summed E-state index contributed by atoms with van der Waals surface area (Å²) in [6.45, 7) is 5.94. The Kier molecular flexibility index (Phi) is 2.78. The van der Waals surface area contributed by atoms with Gasteiger partial charge in [0, 0.05) is 25.0 Å². The lowest BCUT2D eigenvalue weighted by Crippen LogP contribution is -2.09. The fraction of sp³-hybridized carbons (Fsp3) is 0.750. The van der Waals surface area contributed by atoms with Gasteiger partial charge >= 0.3 is 0 Å². The van der Waals surface area contributed by atoms with Gasteiger partial charge in [-0.1, -0.05) is 18.3 Å². The molecule has 4 heterocycles. The topological polar surface area (TPSA) is 64.3 Å². The Hall–Kier alpha value is -1.05. The van der Waals surface area contributed by atoms with Crippen LogP contribution < -0.4 is 5.32 Å². The van der Waals surface area contributed by atoms with E-state index in [9.17, 15) is 0 Å². The summed E-state index contributed by atoms with van der Waals surface area (Å²) in [5, 5.41) is 17.9. The first-order valence-corrected chi connectivity index (χ1v) is 7.65. The maximum Gasteiger partial charge on any atom is 0.234 e. The number of rotatable bonds is 2. The van der Waals surface area contributed by atoms with E-state index >= 15 is 0 Å². The first-order chi connectivity index (χ1) is 9.33. The molecule has 3 unspecified atom stereocenters. The summed E-state index contributed by atoms with van der Waals surface area (Å²) in [5.74, 6) is 2.47. The Balaban J connectivity index is 1.71. The third kappa shape index (κ3) is 1.87. The second kappa shape index (κ2) is 4.50. The second-order valence-electron chi connectivity index (χ2n) is 5.50. The number of nitrogens with one attached hydrogen (secondary N) is 1. The van der Waals surface area contributed by atoms with E-state index < -0.39 is 0 Å². The van der Waals surface area contributed by atoms with E-state index in [2.05, 4.69) is 22.4 Å². The molecular formula is C12H17N5OS. The molecule has 0 aliphatic carbocycles. The van der Waals surface area contributed by atoms with Gasteiger partial charge in [0.25, 0.3) is 0 Å². The molecule has 4 rings (SSSR count). The van der Waals surface area contributed by atoms with E-state index in [1.54, 1.807) is 11.3 Å². The molecule has 2 aliphatic heterocycles. The molecule has 0 amide bonds. The van der Waals surface area contributed by atoms with Crippen LogP contribution in [0.2, 0.25) is 0 Å². The zero-order valence-corrected chi connectivity index (χ0v) is 11.7. The summed E-state index contributed by atoms with van der Waals surface area (Å²) >= 11 is 1.68. The molecule has 0 radical (unpaired) electrons. The molecule has 2 aromatic heterocycles. The molecule has 102 valence electrons. The number of nitrogens with zero attached hydrogens (tertiary/aromatic N) is 4. The van der Waals surface area contributed by atoms with E-state index in [0.29, 0.717) is 17.8 Å². The number of fused-ring (bicyclic) bond motifs is 1. The van der Waals surface area contributed by atoms with E-state index in [4.69, 9.17) is 9.84 Å². The molecule has 6 nitrogen and oxygen atoms in total. The summed E-state index contributed by atoms with van der Waals surface area (Å²) < 4.78 is 7.37. The van der Waals surface area contributed by atoms with Crippen molar-refractivity contribution in [3.63, 3.8) is 0 Å². The Labute approximate surface area is 115 Å². The fourth-order valence-electron chi connectivity index (χ4n) is 2.93. The van der Waals surface area contributed by atoms with Crippen LogP contribution in [0.15, 0.2) is 0 Å². The van der Waals surface area contributed by atoms with E-state index in [1.807, 2.05) is 4.52 Å². The third-order valence-electron chi connectivity index (χ3n) is 4.16. The van der Waals surface area contributed by atoms with Crippen molar-refractivity contribution < 1.29 is 4.74 Å². The molecule has 2 fully saturated rings. The van der Waals surface area contributed by atoms with Crippen molar-refractivity contribution in [2.75, 3.05) is 26.3 Å². The summed E-state index contributed by atoms with van der Waals surface area (Å²) in [6, 6.07) is 0. The van der Waals surface area contributed by atoms with Crippen LogP contribution in [0, 0.1) is 5.92 Å². The van der Waals surface area contributed by atoms with Crippen molar-refractivity contribution in [1.29, 1.82) is 0 Å². The minimum absolute atomic E-state index is 0.351. The molecule has 7 heteroatoms. The first-order valence-electron chi connectivity index (χ1n) is 6.83. The molecule has 2 aliphatic rings. The van der Waals surface area contributed by atoms with Crippen molar-refractivity contribution in [2.45, 2.75) is 25.2 Å². The normalized spacial score (nSPS) is 31.5. The van der Waals surface area contributed by atoms with Crippen LogP contribution in [0.25, 0.3) is 4.96 Å². The van der Waals surface area contributed by atoms with Crippen LogP contribution >= 0.6 is 11.3 Å². The van der Waals surface area contributed by atoms with Crippen LogP contribution in [0.4, 0.5) is 0 Å². The zero-order chi connectivity index (χ0) is 12.8. The third-order valence-corrected chi connectivity index (χ3v) is 5.19. The minimum atomic E-state index is 0.351. The molecule has 0 aromatic carbocycles. The smallest absolute Gasteiger partial charge is 0.234 e. The summed E-state index contributed by atoms with van der Waals surface area (Å²) in [6.07, 6.45) is 1.02. The zero-order valence-electron chi connectivity index (χ0n) is 10.9. The largest absolute Gasteiger partial charge is 0.381 e. The predicted octanol–water partition coefficient (Wildman–Crippen LogP) is 1.01. The highest BCUT2D eigenvalue weighted by molar-refractivity contribution is 7.16. The van der Waals surface area contributed by atoms with Crippen LogP contribution in [0.1, 0.15) is 36.0 Å². The monoisotopic (exact) mass is 279 g/mol. The van der Waals surface area contributed by atoms with Gasteiger partial charge in [-0.3, -0.25) is 0 Å². The Morgan fingerprint density at radius 2 is 2.32 bits per heavy atom. The molecule has 0 saturated carbocycles. The Morgan fingerprint density at radius 3 is 3.05 bits per heavy atom. The van der Waals surface area contributed by atoms with Crippen LogP contribution in [-0.4, -0.2) is 46.1 Å². The fourth-order valence-corrected chi connectivity index (χ4v) is 4.01. The van der Waals surface area contributed by atoms with E-state index in [0.717, 1.165) is 43.5 Å². The van der Waals surface area contributed by atoms with E-state index in [-0.39, 0.29) is 0 Å². The van der Waals surface area contributed by atoms with Gasteiger partial charge in [-0.25, -0.2) is 0 Å². The maximum atomic E-state index is 5.44. The standard InChI is InChI=1S/C12H17N5OS/c1-7-4-13-5-9(7)11-16-17-10(8-2-3-18-6-8)14-15-12(17)19-11/h7-9,13H,2-6H2,1H3. The predicted molar refractivity (Wildman–Crippen MR) is 71.6 cm³/mol. The molecule has 2 saturated heterocycles. The van der Waals surface area contributed by atoms with Gasteiger partial charge in [0.05, 0.1) is 6.61 Å². The molecule has 19 heavy (non-hydrogen) atoms. The van der Waals surface area contributed by atoms with Gasteiger partial charge in [-0.15, -0.1) is 10.2 Å². The van der Waals surface area contributed by atoms with Gasteiger partial charge in [-0.2, -0.15) is 9.61 Å². The lowest BCUT2D eigenvalue weighted by molar-refractivity contribution is 0.193. The van der Waals surface area contributed by atoms with Gasteiger partial charge in [0.1, 0.15) is 5.01 Å². The molecule has 3 atom stereocenters. The Bertz CT molecular complexity index is 588. The number of aromatic nitrogens is 4. The van der Waals surface area contributed by atoms with Gasteiger partial charge in [0.15, 0.2) is 5.82 Å². The molecule has 2 aromatic rings. The van der Waals surface area contributed by atoms with Gasteiger partial charge in [0.2, 0.25) is 4.96 Å². The van der Waals surface area contributed by atoms with Crippen molar-refractivity contribution in [1.82, 2.24) is 25.1 Å². The van der Waals surface area contributed by atoms with E-state index in [1.165, 1.54) is 5.01 Å². The number of hydrogen-bond donors (Lipinski definition) is 1. The number of hydrogen-bond acceptors (Lipinski definition) is 6. The van der Waals surface area contributed by atoms with Gasteiger partial charge in [-0.05, 0) is 18.9 Å².